The van der Waals surface area contributed by atoms with Crippen LogP contribution in [0, 0.1) is 6.92 Å². The smallest absolute Gasteiger partial charge is 0.339 e. The average Bonchev–Trinajstić information content (AvgIpc) is 2.84. The molecule has 1 aliphatic heterocycles. The van der Waals surface area contributed by atoms with Gasteiger partial charge in [0.15, 0.2) is 11.9 Å². The van der Waals surface area contributed by atoms with E-state index in [0.29, 0.717) is 23.6 Å². The Hall–Kier alpha value is -2.63. The number of fused-ring (bicyclic) bond motifs is 1. The number of carbonyl (C=O) groups excluding carboxylic acids is 2. The number of ether oxygens (including phenoxy) is 1. The number of nitrogens with one attached hydrogen (secondary N) is 1. The van der Waals surface area contributed by atoms with E-state index < -0.39 is 18.0 Å². The van der Waals surface area contributed by atoms with E-state index in [0.717, 1.165) is 5.56 Å². The Balaban J connectivity index is 1.76. The maximum Gasteiger partial charge on any atom is 0.339 e. The number of esters is 1. The summed E-state index contributed by atoms with van der Waals surface area (Å²) >= 11 is 0. The number of benzene rings is 1. The van der Waals surface area contributed by atoms with Crippen LogP contribution in [0.25, 0.3) is 0 Å². The van der Waals surface area contributed by atoms with Crippen LogP contribution in [0.5, 0.6) is 0 Å². The van der Waals surface area contributed by atoms with E-state index in [1.807, 2.05) is 12.1 Å². The van der Waals surface area contributed by atoms with Gasteiger partial charge in [0.05, 0.1) is 5.56 Å². The molecule has 0 spiro atoms. The van der Waals surface area contributed by atoms with Crippen LogP contribution < -0.4 is 5.32 Å². The zero-order valence-electron chi connectivity index (χ0n) is 10.8. The van der Waals surface area contributed by atoms with Crippen LogP contribution in [0.2, 0.25) is 0 Å². The fourth-order valence-corrected chi connectivity index (χ4v) is 2.11. The molecule has 102 valence electrons. The third kappa shape index (κ3) is 2.27. The lowest BCUT2D eigenvalue weighted by Crippen LogP contribution is -2.38. The van der Waals surface area contributed by atoms with E-state index in [9.17, 15) is 9.59 Å². The lowest BCUT2D eigenvalue weighted by Gasteiger charge is -2.23. The molecular weight excluding hydrogens is 260 g/mol. The minimum atomic E-state index is -0.852. The molecule has 1 atom stereocenters. The summed E-state index contributed by atoms with van der Waals surface area (Å²) in [6.07, 6.45) is -0.501. The molecule has 0 aliphatic carbocycles. The SMILES string of the molecule is Cc1cc(NC(=O)C2Cc3ccccc3C(=O)O2)no1. The summed E-state index contributed by atoms with van der Waals surface area (Å²) < 4.78 is 10.0. The largest absolute Gasteiger partial charge is 0.448 e. The van der Waals surface area contributed by atoms with Crippen LogP contribution in [-0.2, 0) is 16.0 Å². The Kier molecular flexibility index (Phi) is 2.98. The first kappa shape index (κ1) is 12.4. The van der Waals surface area contributed by atoms with Gasteiger partial charge in [-0.15, -0.1) is 0 Å². The van der Waals surface area contributed by atoms with Gasteiger partial charge in [0, 0.05) is 12.5 Å². The fourth-order valence-electron chi connectivity index (χ4n) is 2.11. The van der Waals surface area contributed by atoms with E-state index in [2.05, 4.69) is 10.5 Å². The van der Waals surface area contributed by atoms with Gasteiger partial charge >= 0.3 is 5.97 Å². The van der Waals surface area contributed by atoms with Gasteiger partial charge in [-0.2, -0.15) is 0 Å². The molecule has 1 unspecified atom stereocenters. The van der Waals surface area contributed by atoms with Gasteiger partial charge in [0.25, 0.3) is 5.91 Å². The quantitative estimate of drug-likeness (QED) is 0.841. The molecule has 20 heavy (non-hydrogen) atoms. The molecule has 1 aliphatic rings. The molecule has 1 aromatic heterocycles. The molecule has 0 bridgehead atoms. The molecule has 0 fully saturated rings. The van der Waals surface area contributed by atoms with Crippen molar-refractivity contribution in [3.05, 3.63) is 47.2 Å². The monoisotopic (exact) mass is 272 g/mol. The molecule has 3 rings (SSSR count). The Morgan fingerprint density at radius 1 is 1.40 bits per heavy atom. The van der Waals surface area contributed by atoms with Gasteiger partial charge in [-0.25, -0.2) is 4.79 Å². The first-order valence-corrected chi connectivity index (χ1v) is 6.16. The zero-order chi connectivity index (χ0) is 14.1. The fraction of sp³-hybridized carbons (Fsp3) is 0.214. The number of rotatable bonds is 2. The van der Waals surface area contributed by atoms with E-state index in [1.165, 1.54) is 0 Å². The van der Waals surface area contributed by atoms with Crippen molar-refractivity contribution in [3.63, 3.8) is 0 Å². The molecule has 6 nitrogen and oxygen atoms in total. The van der Waals surface area contributed by atoms with Crippen LogP contribution in [-0.4, -0.2) is 23.1 Å². The first-order chi connectivity index (χ1) is 9.63. The molecule has 1 amide bonds. The summed E-state index contributed by atoms with van der Waals surface area (Å²) in [4.78, 5) is 23.9. The highest BCUT2D eigenvalue weighted by molar-refractivity contribution is 5.99. The Morgan fingerprint density at radius 2 is 2.20 bits per heavy atom. The van der Waals surface area contributed by atoms with Crippen LogP contribution in [0.4, 0.5) is 5.82 Å². The Morgan fingerprint density at radius 3 is 2.95 bits per heavy atom. The summed E-state index contributed by atoms with van der Waals surface area (Å²) in [5.41, 5.74) is 1.31. The van der Waals surface area contributed by atoms with E-state index >= 15 is 0 Å². The van der Waals surface area contributed by atoms with Crippen molar-refractivity contribution in [1.82, 2.24) is 5.16 Å². The molecule has 1 N–H and O–H groups in total. The number of anilines is 1. The lowest BCUT2D eigenvalue weighted by atomic mass is 9.98. The summed E-state index contributed by atoms with van der Waals surface area (Å²) in [5, 5.41) is 6.23. The highest BCUT2D eigenvalue weighted by Crippen LogP contribution is 2.21. The number of carbonyl (C=O) groups is 2. The second kappa shape index (κ2) is 4.80. The van der Waals surface area contributed by atoms with Crippen molar-refractivity contribution in [2.24, 2.45) is 0 Å². The van der Waals surface area contributed by atoms with Crippen LogP contribution in [0.15, 0.2) is 34.9 Å². The van der Waals surface area contributed by atoms with Crippen LogP contribution in [0.3, 0.4) is 0 Å². The van der Waals surface area contributed by atoms with Crippen LogP contribution in [0.1, 0.15) is 21.7 Å². The van der Waals surface area contributed by atoms with Gasteiger partial charge in [0.2, 0.25) is 0 Å². The summed E-state index contributed by atoms with van der Waals surface area (Å²) in [6, 6.07) is 8.69. The minimum Gasteiger partial charge on any atom is -0.448 e. The minimum absolute atomic E-state index is 0.308. The van der Waals surface area contributed by atoms with Crippen molar-refractivity contribution in [2.75, 3.05) is 5.32 Å². The maximum atomic E-state index is 12.1. The molecule has 1 aromatic carbocycles. The Bertz CT molecular complexity index is 677. The van der Waals surface area contributed by atoms with Gasteiger partial charge in [0.1, 0.15) is 5.76 Å². The number of aryl methyl sites for hydroxylation is 1. The second-order valence-corrected chi connectivity index (χ2v) is 4.57. The normalized spacial score (nSPS) is 17.2. The molecule has 0 radical (unpaired) electrons. The standard InChI is InChI=1S/C14H12N2O4/c1-8-6-12(16-20-8)15-13(17)11-7-9-4-2-3-5-10(9)14(18)19-11/h2-6,11H,7H2,1H3,(H,15,16,17). The highest BCUT2D eigenvalue weighted by atomic mass is 16.5. The van der Waals surface area contributed by atoms with Gasteiger partial charge in [-0.1, -0.05) is 23.4 Å². The molecule has 2 heterocycles. The highest BCUT2D eigenvalue weighted by Gasteiger charge is 2.31. The van der Waals surface area contributed by atoms with Crippen molar-refractivity contribution in [2.45, 2.75) is 19.4 Å². The van der Waals surface area contributed by atoms with E-state index in [4.69, 9.17) is 9.26 Å². The number of hydrogen-bond donors (Lipinski definition) is 1. The zero-order valence-corrected chi connectivity index (χ0v) is 10.8. The molecule has 0 saturated carbocycles. The van der Waals surface area contributed by atoms with E-state index in [1.54, 1.807) is 25.1 Å². The number of cyclic esters (lactones) is 1. The number of hydrogen-bond acceptors (Lipinski definition) is 5. The predicted molar refractivity (Wildman–Crippen MR) is 69.2 cm³/mol. The topological polar surface area (TPSA) is 81.4 Å². The predicted octanol–water partition coefficient (Wildman–Crippen LogP) is 1.70. The third-order valence-electron chi connectivity index (χ3n) is 3.06. The maximum absolute atomic E-state index is 12.1. The van der Waals surface area contributed by atoms with Crippen molar-refractivity contribution >= 4 is 17.7 Å². The number of aromatic nitrogens is 1. The van der Waals surface area contributed by atoms with Crippen molar-refractivity contribution in [1.29, 1.82) is 0 Å². The van der Waals surface area contributed by atoms with Gasteiger partial charge in [-0.3, -0.25) is 4.79 Å². The van der Waals surface area contributed by atoms with Gasteiger partial charge < -0.3 is 14.6 Å². The first-order valence-electron chi connectivity index (χ1n) is 6.16. The summed E-state index contributed by atoms with van der Waals surface area (Å²) in [7, 11) is 0. The molecule has 2 aromatic rings. The molecule has 6 heteroatoms. The van der Waals surface area contributed by atoms with Crippen molar-refractivity contribution in [3.8, 4) is 0 Å². The summed E-state index contributed by atoms with van der Waals surface area (Å²) in [6.45, 7) is 1.72. The molecular formula is C14H12N2O4. The number of nitrogens with zero attached hydrogens (tertiary/aromatic N) is 1. The lowest BCUT2D eigenvalue weighted by molar-refractivity contribution is -0.125. The number of amides is 1. The third-order valence-corrected chi connectivity index (χ3v) is 3.06. The Labute approximate surface area is 114 Å². The molecule has 0 saturated heterocycles. The van der Waals surface area contributed by atoms with Crippen LogP contribution >= 0.6 is 0 Å². The summed E-state index contributed by atoms with van der Waals surface area (Å²) in [5.74, 6) is -0.00169. The van der Waals surface area contributed by atoms with E-state index in [-0.39, 0.29) is 0 Å². The average molecular weight is 272 g/mol. The van der Waals surface area contributed by atoms with Crippen molar-refractivity contribution < 1.29 is 18.8 Å². The second-order valence-electron chi connectivity index (χ2n) is 4.57. The van der Waals surface area contributed by atoms with Gasteiger partial charge in [-0.05, 0) is 18.6 Å².